The molecule has 0 bridgehead atoms. The highest BCUT2D eigenvalue weighted by Crippen LogP contribution is 2.76. The van der Waals surface area contributed by atoms with Gasteiger partial charge in [0.1, 0.15) is 61.0 Å². The van der Waals surface area contributed by atoms with Crippen molar-refractivity contribution in [1.29, 1.82) is 0 Å². The molecule has 10 N–H and O–H groups in total. The summed E-state index contributed by atoms with van der Waals surface area (Å²) in [6.45, 7) is 15.2. The van der Waals surface area contributed by atoms with Crippen LogP contribution in [0.1, 0.15) is 113 Å². The van der Waals surface area contributed by atoms with Crippen LogP contribution in [0.15, 0.2) is 11.6 Å². The summed E-state index contributed by atoms with van der Waals surface area (Å²) < 4.78 is 35.9. The van der Waals surface area contributed by atoms with Crippen LogP contribution in [0.25, 0.3) is 0 Å². The molecular formula is C48H76O18. The van der Waals surface area contributed by atoms with Gasteiger partial charge in [0.15, 0.2) is 18.9 Å². The van der Waals surface area contributed by atoms with E-state index >= 15 is 0 Å². The number of fused-ring (bicyclic) bond motifs is 7. The van der Waals surface area contributed by atoms with Crippen LogP contribution in [0.2, 0.25) is 0 Å². The second kappa shape index (κ2) is 17.8. The lowest BCUT2D eigenvalue weighted by Gasteiger charge is -2.70. The van der Waals surface area contributed by atoms with E-state index in [1.807, 2.05) is 0 Å². The number of carboxylic acid groups (broad SMARTS) is 2. The average Bonchev–Trinajstić information content (AvgIpc) is 3.26. The van der Waals surface area contributed by atoms with Gasteiger partial charge in [-0.15, -0.1) is 0 Å². The van der Waals surface area contributed by atoms with Gasteiger partial charge in [0.25, 0.3) is 0 Å². The summed E-state index contributed by atoms with van der Waals surface area (Å²) in [5.74, 6) is -1.76. The number of ether oxygens (including phenoxy) is 6. The molecule has 7 fully saturated rings. The van der Waals surface area contributed by atoms with Crippen LogP contribution in [0.4, 0.5) is 0 Å². The first-order valence-corrected chi connectivity index (χ1v) is 24.3. The van der Waals surface area contributed by atoms with Gasteiger partial charge in [-0.3, -0.25) is 9.59 Å². The zero-order chi connectivity index (χ0) is 48.4. The van der Waals surface area contributed by atoms with Crippen molar-refractivity contribution in [1.82, 2.24) is 0 Å². The summed E-state index contributed by atoms with van der Waals surface area (Å²) in [6, 6.07) is 0. The lowest BCUT2D eigenvalue weighted by Crippen LogP contribution is -2.68. The summed E-state index contributed by atoms with van der Waals surface area (Å²) in [7, 11) is 0. The highest BCUT2D eigenvalue weighted by molar-refractivity contribution is 5.84. The molecule has 66 heavy (non-hydrogen) atoms. The minimum absolute atomic E-state index is 0.0188. The predicted octanol–water partition coefficient (Wildman–Crippen LogP) is 1.68. The first-order chi connectivity index (χ1) is 30.8. The van der Waals surface area contributed by atoms with E-state index in [1.54, 1.807) is 0 Å². The summed E-state index contributed by atoms with van der Waals surface area (Å²) >= 11 is 0. The smallest absolute Gasteiger partial charge is 0.314 e. The van der Waals surface area contributed by atoms with Gasteiger partial charge in [0.2, 0.25) is 0 Å². The van der Waals surface area contributed by atoms with Crippen molar-refractivity contribution in [3.63, 3.8) is 0 Å². The number of aliphatic hydroxyl groups is 8. The summed E-state index contributed by atoms with van der Waals surface area (Å²) in [5.41, 5.74) is -2.91. The van der Waals surface area contributed by atoms with E-state index in [0.717, 1.165) is 12.0 Å². The Hall–Kier alpha value is -1.88. The summed E-state index contributed by atoms with van der Waals surface area (Å²) in [5, 5.41) is 109. The molecule has 0 spiro atoms. The third-order valence-corrected chi connectivity index (χ3v) is 19.5. The van der Waals surface area contributed by atoms with Crippen molar-refractivity contribution >= 4 is 11.9 Å². The molecule has 5 aliphatic carbocycles. The number of aliphatic hydroxyl groups excluding tert-OH is 8. The molecule has 3 aliphatic heterocycles. The van der Waals surface area contributed by atoms with E-state index in [4.69, 9.17) is 28.4 Å². The Morgan fingerprint density at radius 2 is 1.26 bits per heavy atom. The zero-order valence-corrected chi connectivity index (χ0v) is 39.5. The first kappa shape index (κ1) is 50.5. The molecule has 3 heterocycles. The molecule has 25 atom stereocenters. The van der Waals surface area contributed by atoms with Crippen molar-refractivity contribution in [2.45, 2.75) is 211 Å². The van der Waals surface area contributed by atoms with Gasteiger partial charge in [-0.05, 0) is 117 Å². The second-order valence-corrected chi connectivity index (χ2v) is 22.8. The zero-order valence-electron chi connectivity index (χ0n) is 39.5. The molecule has 0 aromatic carbocycles. The minimum Gasteiger partial charge on any atom is -0.481 e. The number of hydrogen-bond donors (Lipinski definition) is 10. The summed E-state index contributed by atoms with van der Waals surface area (Å²) in [6.07, 6.45) is -15.5. The van der Waals surface area contributed by atoms with Gasteiger partial charge in [-0.25, -0.2) is 0 Å². The third kappa shape index (κ3) is 7.40. The topological polar surface area (TPSA) is 292 Å². The fourth-order valence-electron chi connectivity index (χ4n) is 15.4. The van der Waals surface area contributed by atoms with Gasteiger partial charge in [-0.2, -0.15) is 0 Å². The van der Waals surface area contributed by atoms with E-state index in [0.29, 0.717) is 44.9 Å². The van der Waals surface area contributed by atoms with Crippen molar-refractivity contribution in [3.8, 4) is 0 Å². The first-order valence-electron chi connectivity index (χ1n) is 24.3. The van der Waals surface area contributed by atoms with Gasteiger partial charge in [-0.1, -0.05) is 53.2 Å². The van der Waals surface area contributed by atoms with Crippen LogP contribution in [0.3, 0.4) is 0 Å². The standard InChI is InChI=1S/C48H76O18/c1-20-11-16-47(42(57)58)17-18-48(43(59)60)24(29(47)21(20)2)9-10-27-45(7)14-13-28(44(5,6)26(45)12-15-46(27,48)8)64-41-36(56)38(31(51)25(19-49)63-41)66-40-35(55)33(53)37(23(4)62-40)65-39-34(54)32(52)30(50)22(3)61-39/h9,20-23,25-41,49-56H,10-19H2,1-8H3,(H,57,58)(H,59,60)/t20-,21-,22-,23+,25+,26-,27-,28+,29-,30-,31+,32-,33+,34-,35-,36+,37-,38-,39+,40+,41-,45+,46-,47+,48-/m1/s1. The number of allylic oxidation sites excluding steroid dienone is 1. The maximum atomic E-state index is 14.0. The van der Waals surface area contributed by atoms with E-state index in [1.165, 1.54) is 13.8 Å². The molecular weight excluding hydrogens is 865 g/mol. The molecule has 18 nitrogen and oxygen atoms in total. The maximum Gasteiger partial charge on any atom is 0.314 e. The molecule has 3 saturated heterocycles. The lowest BCUT2D eigenvalue weighted by atomic mass is 9.33. The minimum atomic E-state index is -1.82. The van der Waals surface area contributed by atoms with E-state index in [9.17, 15) is 60.7 Å². The van der Waals surface area contributed by atoms with E-state index in [2.05, 4.69) is 47.6 Å². The summed E-state index contributed by atoms with van der Waals surface area (Å²) in [4.78, 5) is 27.2. The van der Waals surface area contributed by atoms with Crippen LogP contribution >= 0.6 is 0 Å². The van der Waals surface area contributed by atoms with Gasteiger partial charge in [0.05, 0.1) is 35.7 Å². The van der Waals surface area contributed by atoms with E-state index in [-0.39, 0.29) is 41.4 Å². The Labute approximate surface area is 386 Å². The van der Waals surface area contributed by atoms with Crippen LogP contribution < -0.4 is 0 Å². The average molecular weight is 941 g/mol. The molecule has 376 valence electrons. The van der Waals surface area contributed by atoms with Gasteiger partial charge >= 0.3 is 11.9 Å². The highest BCUT2D eigenvalue weighted by atomic mass is 16.8. The van der Waals surface area contributed by atoms with E-state index < -0.39 is 138 Å². The monoisotopic (exact) mass is 941 g/mol. The molecule has 18 heteroatoms. The second-order valence-electron chi connectivity index (χ2n) is 22.8. The van der Waals surface area contributed by atoms with Crippen molar-refractivity contribution in [2.24, 2.45) is 56.7 Å². The number of carbonyl (C=O) groups is 2. The highest BCUT2D eigenvalue weighted by Gasteiger charge is 2.73. The molecule has 0 radical (unpaired) electrons. The van der Waals surface area contributed by atoms with Crippen molar-refractivity contribution in [3.05, 3.63) is 11.6 Å². The number of aliphatic carboxylic acids is 2. The molecule has 0 aromatic rings. The SMILES string of the molecule is C[C@@H]1[C@H](C)CC[C@]2(C(=O)O)CC[C@]3(C(=O)O)C(=CC[C@@H]4[C@@]5(C)CC[C@H](O[C@H]6O[C@@H](CO)[C@H](O)[C@@H](O[C@@H]7O[C@@H](C)[C@@H](O[C@@H]8O[C@H](C)[C@@H](O)[C@@H](O)[C@H]8O)[C@@H](O)[C@H]7O)[C@@H]6O)C(C)(C)[C@H]5CC[C@]43C)[C@@H]12. The van der Waals surface area contributed by atoms with Gasteiger partial charge in [0, 0.05) is 0 Å². The Morgan fingerprint density at radius 3 is 1.89 bits per heavy atom. The lowest BCUT2D eigenvalue weighted by molar-refractivity contribution is -0.380. The van der Waals surface area contributed by atoms with Crippen molar-refractivity contribution < 1.29 is 89.1 Å². The Morgan fingerprint density at radius 1 is 0.636 bits per heavy atom. The quantitative estimate of drug-likeness (QED) is 0.116. The molecule has 8 rings (SSSR count). The van der Waals surface area contributed by atoms with Gasteiger partial charge < -0.3 is 79.5 Å². The number of rotatable bonds is 9. The Bertz CT molecular complexity index is 1850. The molecule has 0 unspecified atom stereocenters. The van der Waals surface area contributed by atoms with Crippen LogP contribution in [0.5, 0.6) is 0 Å². The fourth-order valence-corrected chi connectivity index (χ4v) is 15.4. The number of carboxylic acids is 2. The normalized spacial score (nSPS) is 54.7. The molecule has 0 amide bonds. The third-order valence-electron chi connectivity index (χ3n) is 19.5. The Balaban J connectivity index is 0.992. The van der Waals surface area contributed by atoms with Crippen LogP contribution in [-0.4, -0.2) is 168 Å². The maximum absolute atomic E-state index is 14.0. The number of hydrogen-bond acceptors (Lipinski definition) is 16. The fraction of sp³-hybridized carbons (Fsp3) is 0.917. The van der Waals surface area contributed by atoms with Crippen molar-refractivity contribution in [2.75, 3.05) is 6.61 Å². The largest absolute Gasteiger partial charge is 0.481 e. The molecule has 0 aromatic heterocycles. The molecule has 4 saturated carbocycles. The predicted molar refractivity (Wildman–Crippen MR) is 230 cm³/mol. The van der Waals surface area contributed by atoms with Crippen LogP contribution in [-0.2, 0) is 38.0 Å². The molecule has 8 aliphatic rings. The van der Waals surface area contributed by atoms with Crippen LogP contribution in [0, 0.1) is 56.7 Å². The Kier molecular flexibility index (Phi) is 13.6.